The molecule has 0 amide bonds. The molecule has 2 nitrogen and oxygen atoms in total. The highest BCUT2D eigenvalue weighted by Gasteiger charge is 2.56. The largest absolute Gasteiger partial charge is 0.346 e. The van der Waals surface area contributed by atoms with Crippen molar-refractivity contribution < 1.29 is 9.47 Å². The number of hydrogen-bond acceptors (Lipinski definition) is 2. The third-order valence-electron chi connectivity index (χ3n) is 5.67. The van der Waals surface area contributed by atoms with Crippen molar-refractivity contribution in [2.45, 2.75) is 88.1 Å². The first kappa shape index (κ1) is 10.8. The molecule has 4 aliphatic rings. The quantitative estimate of drug-likeness (QED) is 0.637. The lowest BCUT2D eigenvalue weighted by molar-refractivity contribution is -0.204. The van der Waals surface area contributed by atoms with E-state index >= 15 is 0 Å². The molecule has 0 aromatic carbocycles. The zero-order chi connectivity index (χ0) is 11.3. The van der Waals surface area contributed by atoms with Crippen molar-refractivity contribution in [3.8, 4) is 0 Å². The van der Waals surface area contributed by atoms with Crippen LogP contribution in [0.5, 0.6) is 0 Å². The Kier molecular flexibility index (Phi) is 2.36. The second kappa shape index (κ2) is 3.71. The third kappa shape index (κ3) is 1.67. The highest BCUT2D eigenvalue weighted by molar-refractivity contribution is 5.02. The molecule has 0 bridgehead atoms. The fourth-order valence-electron chi connectivity index (χ4n) is 4.89. The van der Waals surface area contributed by atoms with E-state index in [1.54, 1.807) is 0 Å². The number of hydrogen-bond donors (Lipinski definition) is 0. The van der Waals surface area contributed by atoms with E-state index in [1.165, 1.54) is 70.6 Å². The van der Waals surface area contributed by atoms with E-state index in [1.807, 2.05) is 0 Å². The minimum Gasteiger partial charge on any atom is -0.346 e. The normalized spacial score (nSPS) is 42.4. The predicted octanol–water partition coefficient (Wildman–Crippen LogP) is 3.79. The maximum absolute atomic E-state index is 6.38. The van der Waals surface area contributed by atoms with Crippen LogP contribution >= 0.6 is 0 Å². The van der Waals surface area contributed by atoms with Gasteiger partial charge in [-0.25, -0.2) is 0 Å². The summed E-state index contributed by atoms with van der Waals surface area (Å²) >= 11 is 0. The van der Waals surface area contributed by atoms with Gasteiger partial charge in [-0.1, -0.05) is 32.1 Å². The van der Waals surface area contributed by atoms with E-state index in [-0.39, 0.29) is 17.5 Å². The summed E-state index contributed by atoms with van der Waals surface area (Å²) in [6.07, 6.45) is 14.8. The predicted molar refractivity (Wildman–Crippen MR) is 65.7 cm³/mol. The minimum atomic E-state index is 0.159. The van der Waals surface area contributed by atoms with Crippen molar-refractivity contribution in [2.24, 2.45) is 5.92 Å². The van der Waals surface area contributed by atoms with Gasteiger partial charge in [0.2, 0.25) is 0 Å². The van der Waals surface area contributed by atoms with Gasteiger partial charge in [-0.15, -0.1) is 0 Å². The van der Waals surface area contributed by atoms with E-state index in [0.717, 1.165) is 0 Å². The monoisotopic (exact) mass is 236 g/mol. The molecule has 0 aromatic heterocycles. The molecule has 2 atom stereocenters. The first-order chi connectivity index (χ1) is 8.29. The Morgan fingerprint density at radius 2 is 1.12 bits per heavy atom. The van der Waals surface area contributed by atoms with Gasteiger partial charge in [0.1, 0.15) is 0 Å². The molecular formula is C15H24O2. The summed E-state index contributed by atoms with van der Waals surface area (Å²) in [5, 5.41) is 0. The number of ether oxygens (including phenoxy) is 2. The van der Waals surface area contributed by atoms with Gasteiger partial charge in [0.05, 0.1) is 11.2 Å². The summed E-state index contributed by atoms with van der Waals surface area (Å²) in [6, 6.07) is 0. The Balaban J connectivity index is 1.47. The molecule has 2 saturated carbocycles. The van der Waals surface area contributed by atoms with Crippen LogP contribution < -0.4 is 0 Å². The first-order valence-corrected chi connectivity index (χ1v) is 7.65. The fourth-order valence-corrected chi connectivity index (χ4v) is 4.89. The van der Waals surface area contributed by atoms with Crippen molar-refractivity contribution in [3.63, 3.8) is 0 Å². The molecule has 2 saturated heterocycles. The van der Waals surface area contributed by atoms with Gasteiger partial charge in [-0.2, -0.15) is 0 Å². The molecule has 0 N–H and O–H groups in total. The van der Waals surface area contributed by atoms with Crippen LogP contribution in [0.3, 0.4) is 0 Å². The molecule has 2 aliphatic heterocycles. The molecule has 96 valence electrons. The fraction of sp³-hybridized carbons (Fsp3) is 1.00. The van der Waals surface area contributed by atoms with Gasteiger partial charge in [0.15, 0.2) is 6.29 Å². The summed E-state index contributed by atoms with van der Waals surface area (Å²) in [6.45, 7) is 0. The molecule has 4 fully saturated rings. The van der Waals surface area contributed by atoms with Gasteiger partial charge >= 0.3 is 0 Å². The van der Waals surface area contributed by atoms with Crippen LogP contribution in [-0.2, 0) is 9.47 Å². The molecule has 0 radical (unpaired) electrons. The van der Waals surface area contributed by atoms with Gasteiger partial charge in [-0.3, -0.25) is 0 Å². The summed E-state index contributed by atoms with van der Waals surface area (Å²) in [5.41, 5.74) is 0.472. The van der Waals surface area contributed by atoms with Crippen molar-refractivity contribution in [3.05, 3.63) is 0 Å². The molecule has 17 heavy (non-hydrogen) atoms. The summed E-state index contributed by atoms with van der Waals surface area (Å²) < 4.78 is 12.7. The van der Waals surface area contributed by atoms with Crippen molar-refractivity contribution in [2.75, 3.05) is 0 Å². The Labute approximate surface area is 104 Å². The number of fused-ring (bicyclic) bond motifs is 1. The van der Waals surface area contributed by atoms with Crippen molar-refractivity contribution in [1.29, 1.82) is 0 Å². The molecule has 0 unspecified atom stereocenters. The molecule has 2 heteroatoms. The maximum Gasteiger partial charge on any atom is 0.162 e. The van der Waals surface area contributed by atoms with Crippen molar-refractivity contribution >= 4 is 0 Å². The standard InChI is InChI=1S/C15H24O2/c1-2-6-14(7-3-1)10-12-11-15(8-4-5-9-15)17-13(12)16-14/h12-13H,1-11H2/t12-,13+/m0/s1. The lowest BCUT2D eigenvalue weighted by atomic mass is 9.79. The lowest BCUT2D eigenvalue weighted by Gasteiger charge is -2.35. The maximum atomic E-state index is 6.38. The Morgan fingerprint density at radius 3 is 1.59 bits per heavy atom. The Morgan fingerprint density at radius 1 is 0.647 bits per heavy atom. The lowest BCUT2D eigenvalue weighted by Crippen LogP contribution is -2.35. The third-order valence-corrected chi connectivity index (χ3v) is 5.67. The van der Waals surface area contributed by atoms with E-state index in [2.05, 4.69) is 0 Å². The topological polar surface area (TPSA) is 18.5 Å². The van der Waals surface area contributed by atoms with Crippen LogP contribution in [-0.4, -0.2) is 17.5 Å². The SMILES string of the molecule is C1CCC2(CC1)C[C@H]1CC3(CCCC3)O[C@H]1O2. The van der Waals surface area contributed by atoms with Gasteiger partial charge < -0.3 is 9.47 Å². The van der Waals surface area contributed by atoms with E-state index in [4.69, 9.17) is 9.47 Å². The first-order valence-electron chi connectivity index (χ1n) is 7.65. The summed E-state index contributed by atoms with van der Waals surface area (Å²) in [4.78, 5) is 0. The highest BCUT2D eigenvalue weighted by atomic mass is 16.7. The second-order valence-electron chi connectivity index (χ2n) is 6.91. The van der Waals surface area contributed by atoms with Crippen LogP contribution in [0.2, 0.25) is 0 Å². The molecule has 2 spiro atoms. The highest BCUT2D eigenvalue weighted by Crippen LogP contribution is 2.55. The zero-order valence-corrected chi connectivity index (χ0v) is 10.7. The average molecular weight is 236 g/mol. The minimum absolute atomic E-state index is 0.159. The number of rotatable bonds is 0. The molecule has 2 aliphatic carbocycles. The van der Waals surface area contributed by atoms with Crippen molar-refractivity contribution in [1.82, 2.24) is 0 Å². The van der Waals surface area contributed by atoms with Crippen LogP contribution in [0.15, 0.2) is 0 Å². The summed E-state index contributed by atoms with van der Waals surface area (Å²) in [5.74, 6) is 0.714. The van der Waals surface area contributed by atoms with E-state index in [9.17, 15) is 0 Å². The molecule has 2 heterocycles. The van der Waals surface area contributed by atoms with Crippen LogP contribution in [0.1, 0.15) is 70.6 Å². The van der Waals surface area contributed by atoms with Crippen LogP contribution in [0, 0.1) is 5.92 Å². The molecule has 4 rings (SSSR count). The van der Waals surface area contributed by atoms with Gasteiger partial charge in [0.25, 0.3) is 0 Å². The van der Waals surface area contributed by atoms with Crippen LogP contribution in [0.25, 0.3) is 0 Å². The Bertz CT molecular complexity index is 282. The van der Waals surface area contributed by atoms with Crippen LogP contribution in [0.4, 0.5) is 0 Å². The van der Waals surface area contributed by atoms with Gasteiger partial charge in [0, 0.05) is 5.92 Å². The van der Waals surface area contributed by atoms with Gasteiger partial charge in [-0.05, 0) is 38.5 Å². The zero-order valence-electron chi connectivity index (χ0n) is 10.7. The molecule has 0 aromatic rings. The average Bonchev–Trinajstić information content (AvgIpc) is 2.96. The van der Waals surface area contributed by atoms with E-state index in [0.29, 0.717) is 5.92 Å². The summed E-state index contributed by atoms with van der Waals surface area (Å²) in [7, 11) is 0. The Hall–Kier alpha value is -0.0800. The molecular weight excluding hydrogens is 212 g/mol. The second-order valence-corrected chi connectivity index (χ2v) is 6.91. The van der Waals surface area contributed by atoms with E-state index < -0.39 is 0 Å². The smallest absolute Gasteiger partial charge is 0.162 e.